The summed E-state index contributed by atoms with van der Waals surface area (Å²) in [6.45, 7) is 1.69. The van der Waals surface area contributed by atoms with Gasteiger partial charge in [-0.05, 0) is 19.1 Å². The number of carbonyl (C=O) groups excluding carboxylic acids is 1. The topological polar surface area (TPSA) is 63.6 Å². The Morgan fingerprint density at radius 2 is 2.12 bits per heavy atom. The maximum absolute atomic E-state index is 11.3. The maximum Gasteiger partial charge on any atom is 0.337 e. The van der Waals surface area contributed by atoms with Crippen molar-refractivity contribution in [2.45, 2.75) is 10.8 Å². The Hall–Kier alpha value is -0.820. The third kappa shape index (κ3) is 3.34. The molecular weight excluding hydrogens is 346 g/mol. The molecule has 1 aromatic rings. The Kier molecular flexibility index (Phi) is 4.55. The van der Waals surface area contributed by atoms with Gasteiger partial charge in [-0.1, -0.05) is 34.2 Å². The monoisotopic (exact) mass is 354 g/mol. The van der Waals surface area contributed by atoms with Crippen LogP contribution < -0.4 is 4.74 Å². The van der Waals surface area contributed by atoms with Crippen LogP contribution >= 0.6 is 34.2 Å². The van der Waals surface area contributed by atoms with E-state index in [9.17, 15) is 9.59 Å². The van der Waals surface area contributed by atoms with Gasteiger partial charge in [-0.25, -0.2) is 4.79 Å². The molecule has 0 aliphatic rings. The van der Waals surface area contributed by atoms with Gasteiger partial charge < -0.3 is 9.84 Å². The molecule has 0 fully saturated rings. The number of aromatic carboxylic acids is 1. The number of alkyl halides is 1. The van der Waals surface area contributed by atoms with E-state index >= 15 is 0 Å². The van der Waals surface area contributed by atoms with Crippen LogP contribution in [0.2, 0.25) is 5.02 Å². The molecule has 1 unspecified atom stereocenters. The maximum atomic E-state index is 11.3. The lowest BCUT2D eigenvalue weighted by atomic mass is 10.2. The first-order valence-electron chi connectivity index (χ1n) is 4.30. The first kappa shape index (κ1) is 13.2. The number of carboxylic acids is 1. The number of esters is 1. The van der Waals surface area contributed by atoms with Gasteiger partial charge in [0.05, 0.1) is 10.6 Å². The van der Waals surface area contributed by atoms with Crippen LogP contribution in [-0.4, -0.2) is 21.0 Å². The summed E-state index contributed by atoms with van der Waals surface area (Å²) < 4.78 is 4.69. The average Bonchev–Trinajstić information content (AvgIpc) is 2.16. The van der Waals surface area contributed by atoms with Crippen LogP contribution in [0, 0.1) is 0 Å². The van der Waals surface area contributed by atoms with Crippen molar-refractivity contribution in [3.8, 4) is 5.75 Å². The molecule has 86 valence electrons. The van der Waals surface area contributed by atoms with E-state index in [2.05, 4.69) is 0 Å². The minimum absolute atomic E-state index is 0.0241. The number of halogens is 2. The Morgan fingerprint density at radius 1 is 1.50 bits per heavy atom. The molecule has 0 radical (unpaired) electrons. The van der Waals surface area contributed by atoms with E-state index in [1.807, 2.05) is 22.6 Å². The van der Waals surface area contributed by atoms with Gasteiger partial charge in [0.1, 0.15) is 9.67 Å². The van der Waals surface area contributed by atoms with E-state index in [-0.39, 0.29) is 20.3 Å². The highest BCUT2D eigenvalue weighted by atomic mass is 127. The summed E-state index contributed by atoms with van der Waals surface area (Å²) >= 11 is 7.63. The lowest BCUT2D eigenvalue weighted by Crippen LogP contribution is -2.17. The number of hydrogen-bond donors (Lipinski definition) is 1. The number of hydrogen-bond acceptors (Lipinski definition) is 3. The molecule has 6 heteroatoms. The third-order valence-corrected chi connectivity index (χ3v) is 2.54. The summed E-state index contributed by atoms with van der Waals surface area (Å²) in [6, 6.07) is 4.00. The van der Waals surface area contributed by atoms with Gasteiger partial charge in [0.15, 0.2) is 0 Å². The largest absolute Gasteiger partial charge is 0.478 e. The highest BCUT2D eigenvalue weighted by molar-refractivity contribution is 14.1. The van der Waals surface area contributed by atoms with Gasteiger partial charge in [0, 0.05) is 6.07 Å². The molecule has 0 aromatic heterocycles. The van der Waals surface area contributed by atoms with Crippen molar-refractivity contribution in [2.75, 3.05) is 0 Å². The quantitative estimate of drug-likeness (QED) is 0.392. The molecule has 0 heterocycles. The van der Waals surface area contributed by atoms with Crippen LogP contribution in [-0.2, 0) is 4.79 Å². The summed E-state index contributed by atoms with van der Waals surface area (Å²) in [5, 5.41) is 8.77. The molecule has 1 N–H and O–H groups in total. The van der Waals surface area contributed by atoms with Crippen molar-refractivity contribution >= 4 is 46.1 Å². The van der Waals surface area contributed by atoms with Crippen LogP contribution in [0.25, 0.3) is 0 Å². The van der Waals surface area contributed by atoms with E-state index in [4.69, 9.17) is 21.4 Å². The molecule has 1 aromatic carbocycles. The summed E-state index contributed by atoms with van der Waals surface area (Å²) in [5.74, 6) is -1.28. The van der Waals surface area contributed by atoms with Crippen molar-refractivity contribution in [3.63, 3.8) is 0 Å². The fourth-order valence-electron chi connectivity index (χ4n) is 0.930. The van der Waals surface area contributed by atoms with E-state index in [0.717, 1.165) is 0 Å². The van der Waals surface area contributed by atoms with Crippen LogP contribution in [0.1, 0.15) is 17.3 Å². The van der Waals surface area contributed by atoms with Crippen molar-refractivity contribution < 1.29 is 19.4 Å². The molecule has 4 nitrogen and oxygen atoms in total. The van der Waals surface area contributed by atoms with Crippen molar-refractivity contribution in [3.05, 3.63) is 28.8 Å². The van der Waals surface area contributed by atoms with Crippen LogP contribution in [0.15, 0.2) is 18.2 Å². The Morgan fingerprint density at radius 3 is 2.56 bits per heavy atom. The lowest BCUT2D eigenvalue weighted by Gasteiger charge is -2.06. The third-order valence-electron chi connectivity index (χ3n) is 1.71. The molecule has 0 spiro atoms. The fourth-order valence-corrected chi connectivity index (χ4v) is 1.31. The van der Waals surface area contributed by atoms with Crippen molar-refractivity contribution in [1.82, 2.24) is 0 Å². The second-order valence-electron chi connectivity index (χ2n) is 2.98. The SMILES string of the molecule is CC(I)C(=O)Oc1ccc(C(=O)O)c(Cl)c1. The first-order chi connectivity index (χ1) is 7.41. The number of carboxylic acid groups (broad SMARTS) is 1. The second-order valence-corrected chi connectivity index (χ2v) is 5.26. The number of ether oxygens (including phenoxy) is 1. The van der Waals surface area contributed by atoms with Gasteiger partial charge in [0.25, 0.3) is 0 Å². The zero-order chi connectivity index (χ0) is 12.3. The number of carbonyl (C=O) groups is 2. The smallest absolute Gasteiger partial charge is 0.337 e. The Bertz CT molecular complexity index is 431. The van der Waals surface area contributed by atoms with Crippen LogP contribution in [0.3, 0.4) is 0 Å². The van der Waals surface area contributed by atoms with Gasteiger partial charge in [-0.3, -0.25) is 4.79 Å². The summed E-state index contributed by atoms with van der Waals surface area (Å²) in [6.07, 6.45) is 0. The average molecular weight is 355 g/mol. The summed E-state index contributed by atoms with van der Waals surface area (Å²) in [7, 11) is 0. The van der Waals surface area contributed by atoms with Gasteiger partial charge in [0.2, 0.25) is 0 Å². The standard InChI is InChI=1S/C10H8ClIO4/c1-5(12)10(15)16-6-2-3-7(9(13)14)8(11)4-6/h2-5H,1H3,(H,13,14). The molecule has 0 bridgehead atoms. The molecule has 0 aliphatic carbocycles. The van der Waals surface area contributed by atoms with E-state index in [0.29, 0.717) is 0 Å². The molecule has 1 atom stereocenters. The lowest BCUT2D eigenvalue weighted by molar-refractivity contribution is -0.133. The van der Waals surface area contributed by atoms with Gasteiger partial charge >= 0.3 is 11.9 Å². The van der Waals surface area contributed by atoms with E-state index in [1.165, 1.54) is 18.2 Å². The zero-order valence-corrected chi connectivity index (χ0v) is 11.2. The Balaban J connectivity index is 2.90. The minimum Gasteiger partial charge on any atom is -0.478 e. The predicted octanol–water partition coefficient (Wildman–Crippen LogP) is 2.77. The fraction of sp³-hybridized carbons (Fsp3) is 0.200. The molecule has 16 heavy (non-hydrogen) atoms. The number of benzene rings is 1. The first-order valence-corrected chi connectivity index (χ1v) is 5.92. The molecule has 0 amide bonds. The normalized spacial score (nSPS) is 11.9. The van der Waals surface area contributed by atoms with E-state index < -0.39 is 11.9 Å². The minimum atomic E-state index is -1.12. The van der Waals surface area contributed by atoms with Gasteiger partial charge in [-0.15, -0.1) is 0 Å². The predicted molar refractivity (Wildman–Crippen MR) is 67.5 cm³/mol. The van der Waals surface area contributed by atoms with Crippen LogP contribution in [0.5, 0.6) is 5.75 Å². The van der Waals surface area contributed by atoms with Gasteiger partial charge in [-0.2, -0.15) is 0 Å². The zero-order valence-electron chi connectivity index (χ0n) is 8.24. The molecule has 0 saturated heterocycles. The van der Waals surface area contributed by atoms with Crippen LogP contribution in [0.4, 0.5) is 0 Å². The molecular formula is C10H8ClIO4. The van der Waals surface area contributed by atoms with E-state index in [1.54, 1.807) is 6.92 Å². The second kappa shape index (κ2) is 5.49. The Labute approximate surface area is 111 Å². The molecule has 1 rings (SSSR count). The van der Waals surface area contributed by atoms with Crippen molar-refractivity contribution in [2.24, 2.45) is 0 Å². The molecule has 0 aliphatic heterocycles. The molecule has 0 saturated carbocycles. The highest BCUT2D eigenvalue weighted by Gasteiger charge is 2.14. The highest BCUT2D eigenvalue weighted by Crippen LogP contribution is 2.23. The number of rotatable bonds is 3. The summed E-state index contributed by atoms with van der Waals surface area (Å²) in [5.41, 5.74) is -0.0241. The van der Waals surface area contributed by atoms with Crippen molar-refractivity contribution in [1.29, 1.82) is 0 Å². The summed E-state index contributed by atoms with van der Waals surface area (Å²) in [4.78, 5) is 21.9.